The van der Waals surface area contributed by atoms with Crippen LogP contribution in [0.4, 0.5) is 0 Å². The standard InChI is InChI=1S/C52H30N8/c1-2-9-31(10-3-1)50-58-51(36-17-16-32-30-45-33(11-4-18-53-45)23-37(32)24-36)60-52(59-50)40-26-38(43-28-34-12-5-19-54-46(34)48-41(43)14-7-21-56-48)25-39(27-40)44-29-35-13-6-20-55-47(35)49-42(44)15-8-22-57-49/h1-30H. The summed E-state index contributed by atoms with van der Waals surface area (Å²) >= 11 is 0. The van der Waals surface area contributed by atoms with Crippen molar-refractivity contribution in [3.8, 4) is 56.4 Å². The predicted octanol–water partition coefficient (Wildman–Crippen LogP) is 12.1. The lowest BCUT2D eigenvalue weighted by atomic mass is 9.91. The summed E-state index contributed by atoms with van der Waals surface area (Å²) in [6, 6.07) is 52.1. The fraction of sp³-hybridized carbons (Fsp3) is 0. The Balaban J connectivity index is 1.14. The van der Waals surface area contributed by atoms with Crippen LogP contribution >= 0.6 is 0 Å². The first-order chi connectivity index (χ1) is 29.7. The molecule has 0 aliphatic rings. The lowest BCUT2D eigenvalue weighted by molar-refractivity contribution is 1.07. The molecular weight excluding hydrogens is 737 g/mol. The van der Waals surface area contributed by atoms with E-state index in [0.717, 1.165) is 104 Å². The van der Waals surface area contributed by atoms with Gasteiger partial charge in [-0.1, -0.05) is 72.8 Å². The Bertz CT molecular complexity index is 3540. The van der Waals surface area contributed by atoms with Gasteiger partial charge >= 0.3 is 0 Å². The van der Waals surface area contributed by atoms with E-state index in [2.05, 4.69) is 96.0 Å². The minimum absolute atomic E-state index is 0.555. The van der Waals surface area contributed by atoms with Crippen molar-refractivity contribution >= 4 is 65.3 Å². The summed E-state index contributed by atoms with van der Waals surface area (Å²) in [7, 11) is 0. The number of pyridine rings is 5. The van der Waals surface area contributed by atoms with E-state index in [1.165, 1.54) is 0 Å². The molecule has 0 aliphatic heterocycles. The molecule has 0 saturated heterocycles. The summed E-state index contributed by atoms with van der Waals surface area (Å²) in [6.07, 6.45) is 9.12. The van der Waals surface area contributed by atoms with Crippen LogP contribution in [0.2, 0.25) is 0 Å². The molecule has 0 aliphatic carbocycles. The Morgan fingerprint density at radius 2 is 0.783 bits per heavy atom. The van der Waals surface area contributed by atoms with Crippen molar-refractivity contribution in [2.24, 2.45) is 0 Å². The summed E-state index contributed by atoms with van der Waals surface area (Å²) < 4.78 is 0. The molecule has 60 heavy (non-hydrogen) atoms. The van der Waals surface area contributed by atoms with E-state index in [1.807, 2.05) is 91.6 Å². The van der Waals surface area contributed by atoms with E-state index in [9.17, 15) is 0 Å². The Labute approximate surface area is 343 Å². The third-order valence-electron chi connectivity index (χ3n) is 11.2. The van der Waals surface area contributed by atoms with Gasteiger partial charge in [-0.05, 0) is 112 Å². The van der Waals surface area contributed by atoms with Crippen molar-refractivity contribution in [1.82, 2.24) is 39.9 Å². The molecule has 6 aromatic carbocycles. The average molecular weight is 767 g/mol. The largest absolute Gasteiger partial charge is 0.256 e. The second-order valence-electron chi connectivity index (χ2n) is 14.9. The zero-order valence-corrected chi connectivity index (χ0v) is 31.9. The monoisotopic (exact) mass is 766 g/mol. The Morgan fingerprint density at radius 1 is 0.267 bits per heavy atom. The summed E-state index contributed by atoms with van der Waals surface area (Å²) in [5, 5.41) is 7.27. The highest BCUT2D eigenvalue weighted by Crippen LogP contribution is 2.41. The maximum absolute atomic E-state index is 5.28. The molecule has 8 heteroatoms. The molecule has 0 atom stereocenters. The van der Waals surface area contributed by atoms with Crippen molar-refractivity contribution in [1.29, 1.82) is 0 Å². The van der Waals surface area contributed by atoms with Gasteiger partial charge in [0.25, 0.3) is 0 Å². The fourth-order valence-corrected chi connectivity index (χ4v) is 8.41. The van der Waals surface area contributed by atoms with Crippen LogP contribution in [0.25, 0.3) is 122 Å². The molecule has 6 heterocycles. The zero-order valence-electron chi connectivity index (χ0n) is 31.9. The van der Waals surface area contributed by atoms with Crippen LogP contribution in [0.15, 0.2) is 183 Å². The normalized spacial score (nSPS) is 11.7. The summed E-state index contributed by atoms with van der Waals surface area (Å²) in [4.78, 5) is 39.4. The van der Waals surface area contributed by atoms with Crippen LogP contribution in [0.1, 0.15) is 0 Å². The Hall–Kier alpha value is -8.36. The van der Waals surface area contributed by atoms with Crippen LogP contribution < -0.4 is 0 Å². The molecule has 0 spiro atoms. The number of aromatic nitrogens is 8. The van der Waals surface area contributed by atoms with E-state index in [-0.39, 0.29) is 0 Å². The smallest absolute Gasteiger partial charge is 0.164 e. The lowest BCUT2D eigenvalue weighted by Crippen LogP contribution is -2.01. The fourth-order valence-electron chi connectivity index (χ4n) is 8.41. The van der Waals surface area contributed by atoms with Gasteiger partial charge in [0.05, 0.1) is 27.6 Å². The predicted molar refractivity (Wildman–Crippen MR) is 241 cm³/mol. The number of hydrogen-bond acceptors (Lipinski definition) is 8. The van der Waals surface area contributed by atoms with Gasteiger partial charge in [-0.2, -0.15) is 0 Å². The highest BCUT2D eigenvalue weighted by Gasteiger charge is 2.19. The second-order valence-corrected chi connectivity index (χ2v) is 14.9. The second kappa shape index (κ2) is 13.6. The maximum Gasteiger partial charge on any atom is 0.164 e. The molecule has 0 N–H and O–H groups in total. The molecule has 0 unspecified atom stereocenters. The van der Waals surface area contributed by atoms with Crippen LogP contribution in [0.3, 0.4) is 0 Å². The zero-order chi connectivity index (χ0) is 39.6. The van der Waals surface area contributed by atoms with Crippen molar-refractivity contribution in [2.75, 3.05) is 0 Å². The first-order valence-electron chi connectivity index (χ1n) is 19.7. The number of rotatable bonds is 5. The molecule has 0 bridgehead atoms. The minimum atomic E-state index is 0.555. The van der Waals surface area contributed by atoms with E-state index >= 15 is 0 Å². The van der Waals surface area contributed by atoms with Gasteiger partial charge in [0.1, 0.15) is 0 Å². The molecule has 0 amide bonds. The van der Waals surface area contributed by atoms with E-state index in [1.54, 1.807) is 0 Å². The van der Waals surface area contributed by atoms with Gasteiger partial charge in [-0.3, -0.25) is 24.9 Å². The number of fused-ring (bicyclic) bond motifs is 8. The summed E-state index contributed by atoms with van der Waals surface area (Å²) in [5.41, 5.74) is 11.0. The lowest BCUT2D eigenvalue weighted by Gasteiger charge is -2.16. The van der Waals surface area contributed by atoms with Crippen molar-refractivity contribution in [3.05, 3.63) is 183 Å². The summed E-state index contributed by atoms with van der Waals surface area (Å²) in [5.74, 6) is 1.72. The third kappa shape index (κ3) is 5.69. The van der Waals surface area contributed by atoms with Crippen molar-refractivity contribution in [2.45, 2.75) is 0 Å². The van der Waals surface area contributed by atoms with Crippen LogP contribution in [0, 0.1) is 0 Å². The SMILES string of the molecule is c1ccc(-c2nc(-c3cc(-c4cc5cccnc5c5ncccc45)cc(-c4cc5cccnc5c5ncccc45)c3)nc(-c3ccc4cc5ncccc5cc4c3)n2)cc1. The highest BCUT2D eigenvalue weighted by atomic mass is 15.0. The summed E-state index contributed by atoms with van der Waals surface area (Å²) in [6.45, 7) is 0. The van der Waals surface area contributed by atoms with Gasteiger partial charge < -0.3 is 0 Å². The maximum atomic E-state index is 5.28. The molecular formula is C52H30N8. The van der Waals surface area contributed by atoms with Crippen molar-refractivity contribution in [3.63, 3.8) is 0 Å². The van der Waals surface area contributed by atoms with E-state index < -0.39 is 0 Å². The number of hydrogen-bond donors (Lipinski definition) is 0. The molecule has 12 rings (SSSR count). The van der Waals surface area contributed by atoms with E-state index in [4.69, 9.17) is 34.9 Å². The molecule has 12 aromatic rings. The molecule has 278 valence electrons. The molecule has 0 fully saturated rings. The highest BCUT2D eigenvalue weighted by molar-refractivity contribution is 6.13. The first kappa shape index (κ1) is 33.7. The molecule has 6 aromatic heterocycles. The van der Waals surface area contributed by atoms with Crippen LogP contribution in [0.5, 0.6) is 0 Å². The average Bonchev–Trinajstić information content (AvgIpc) is 3.32. The van der Waals surface area contributed by atoms with Crippen molar-refractivity contribution < 1.29 is 0 Å². The van der Waals surface area contributed by atoms with Gasteiger partial charge in [0, 0.05) is 74.6 Å². The topological polar surface area (TPSA) is 103 Å². The van der Waals surface area contributed by atoms with Gasteiger partial charge in [-0.25, -0.2) is 15.0 Å². The Morgan fingerprint density at radius 3 is 1.42 bits per heavy atom. The number of benzene rings is 6. The molecule has 0 saturated carbocycles. The van der Waals surface area contributed by atoms with Gasteiger partial charge in [0.2, 0.25) is 0 Å². The van der Waals surface area contributed by atoms with Gasteiger partial charge in [0.15, 0.2) is 17.5 Å². The van der Waals surface area contributed by atoms with Gasteiger partial charge in [-0.15, -0.1) is 0 Å². The van der Waals surface area contributed by atoms with E-state index in [0.29, 0.717) is 17.5 Å². The third-order valence-corrected chi connectivity index (χ3v) is 11.2. The van der Waals surface area contributed by atoms with Crippen LogP contribution in [-0.4, -0.2) is 39.9 Å². The number of nitrogens with zero attached hydrogens (tertiary/aromatic N) is 8. The first-order valence-corrected chi connectivity index (χ1v) is 19.7. The molecule has 8 nitrogen and oxygen atoms in total. The molecule has 0 radical (unpaired) electrons. The quantitative estimate of drug-likeness (QED) is 0.126. The minimum Gasteiger partial charge on any atom is -0.256 e. The Kier molecular flexibility index (Phi) is 7.67. The van der Waals surface area contributed by atoms with Crippen LogP contribution in [-0.2, 0) is 0 Å².